The Hall–Kier alpha value is -1.34. The summed E-state index contributed by atoms with van der Waals surface area (Å²) in [6.07, 6.45) is 2.44. The molecule has 2 atom stereocenters. The lowest BCUT2D eigenvalue weighted by atomic mass is 9.81. The van der Waals surface area contributed by atoms with Crippen LogP contribution in [0.5, 0.6) is 0 Å². The van der Waals surface area contributed by atoms with Gasteiger partial charge in [-0.3, -0.25) is 0 Å². The third kappa shape index (κ3) is 4.31. The van der Waals surface area contributed by atoms with Crippen LogP contribution in [0.4, 0.5) is 0 Å². The first-order valence-electron chi connectivity index (χ1n) is 8.05. The second kappa shape index (κ2) is 6.62. The normalized spacial score (nSPS) is 15.1. The molecule has 1 heteroatoms. The third-order valence-electron chi connectivity index (χ3n) is 4.15. The highest BCUT2D eigenvalue weighted by atomic mass is 14.9. The van der Waals surface area contributed by atoms with Gasteiger partial charge in [-0.25, -0.2) is 0 Å². The molecule has 0 amide bonds. The first-order chi connectivity index (χ1) is 9.90. The number of nitrogens with one attached hydrogen (secondary N) is 1. The van der Waals surface area contributed by atoms with Crippen molar-refractivity contribution in [1.82, 2.24) is 5.32 Å². The van der Waals surface area contributed by atoms with Crippen molar-refractivity contribution in [3.63, 3.8) is 0 Å². The second-order valence-corrected chi connectivity index (χ2v) is 7.52. The van der Waals surface area contributed by atoms with Gasteiger partial charge in [-0.1, -0.05) is 70.2 Å². The quantitative estimate of drug-likeness (QED) is 0.757. The molecule has 0 saturated heterocycles. The summed E-state index contributed by atoms with van der Waals surface area (Å²) < 4.78 is 0. The van der Waals surface area contributed by atoms with Crippen LogP contribution in [-0.4, -0.2) is 7.05 Å². The summed E-state index contributed by atoms with van der Waals surface area (Å²) in [6, 6.07) is 15.8. The molecule has 1 nitrogen and oxygen atoms in total. The first-order valence-corrected chi connectivity index (χ1v) is 8.05. The topological polar surface area (TPSA) is 12.0 Å². The Kier molecular flexibility index (Phi) is 5.05. The predicted octanol–water partition coefficient (Wildman–Crippen LogP) is 5.56. The zero-order chi connectivity index (χ0) is 15.5. The van der Waals surface area contributed by atoms with E-state index in [4.69, 9.17) is 0 Å². The zero-order valence-corrected chi connectivity index (χ0v) is 14.1. The van der Waals surface area contributed by atoms with E-state index in [0.717, 1.165) is 0 Å². The lowest BCUT2D eigenvalue weighted by Crippen LogP contribution is -2.21. The molecule has 2 aromatic rings. The van der Waals surface area contributed by atoms with Gasteiger partial charge in [-0.15, -0.1) is 0 Å². The Labute approximate surface area is 129 Å². The number of hydrogen-bond acceptors (Lipinski definition) is 1. The van der Waals surface area contributed by atoms with Gasteiger partial charge < -0.3 is 5.32 Å². The van der Waals surface area contributed by atoms with Crippen molar-refractivity contribution in [1.29, 1.82) is 0 Å². The van der Waals surface area contributed by atoms with E-state index in [1.54, 1.807) is 0 Å². The Morgan fingerprint density at radius 1 is 1.00 bits per heavy atom. The van der Waals surface area contributed by atoms with Crippen molar-refractivity contribution in [2.24, 2.45) is 11.3 Å². The summed E-state index contributed by atoms with van der Waals surface area (Å²) in [5, 5.41) is 6.24. The van der Waals surface area contributed by atoms with Crippen molar-refractivity contribution in [3.8, 4) is 0 Å². The molecule has 21 heavy (non-hydrogen) atoms. The van der Waals surface area contributed by atoms with Gasteiger partial charge in [0.2, 0.25) is 0 Å². The van der Waals surface area contributed by atoms with Crippen LogP contribution in [0, 0.1) is 11.3 Å². The second-order valence-electron chi connectivity index (χ2n) is 7.52. The van der Waals surface area contributed by atoms with E-state index >= 15 is 0 Å². The highest BCUT2D eigenvalue weighted by molar-refractivity contribution is 5.86. The van der Waals surface area contributed by atoms with Crippen LogP contribution in [0.3, 0.4) is 0 Å². The van der Waals surface area contributed by atoms with Gasteiger partial charge in [0.15, 0.2) is 0 Å². The van der Waals surface area contributed by atoms with Gasteiger partial charge >= 0.3 is 0 Å². The Bertz CT molecular complexity index is 574. The summed E-state index contributed by atoms with van der Waals surface area (Å²) in [5.74, 6) is 0.710. The predicted molar refractivity (Wildman–Crippen MR) is 93.6 cm³/mol. The number of benzene rings is 2. The Balaban J connectivity index is 2.24. The third-order valence-corrected chi connectivity index (χ3v) is 4.15. The zero-order valence-electron chi connectivity index (χ0n) is 14.1. The molecule has 0 heterocycles. The van der Waals surface area contributed by atoms with Gasteiger partial charge in [-0.2, -0.15) is 0 Å². The van der Waals surface area contributed by atoms with Crippen LogP contribution in [-0.2, 0) is 0 Å². The average Bonchev–Trinajstić information content (AvgIpc) is 2.42. The molecule has 0 bridgehead atoms. The largest absolute Gasteiger partial charge is 0.313 e. The fraction of sp³-hybridized carbons (Fsp3) is 0.500. The molecule has 0 aliphatic heterocycles. The van der Waals surface area contributed by atoms with Gasteiger partial charge in [0.25, 0.3) is 0 Å². The molecular formula is C20H29N. The highest BCUT2D eigenvalue weighted by Crippen LogP contribution is 2.32. The van der Waals surface area contributed by atoms with Crippen LogP contribution in [0.2, 0.25) is 0 Å². The van der Waals surface area contributed by atoms with Crippen molar-refractivity contribution < 1.29 is 0 Å². The molecule has 0 fully saturated rings. The van der Waals surface area contributed by atoms with E-state index < -0.39 is 0 Å². The number of hydrogen-bond donors (Lipinski definition) is 1. The lowest BCUT2D eigenvalue weighted by molar-refractivity contribution is 0.279. The minimum atomic E-state index is 0.399. The molecule has 0 aliphatic rings. The maximum absolute atomic E-state index is 3.53. The first kappa shape index (κ1) is 16.0. The van der Waals surface area contributed by atoms with Crippen molar-refractivity contribution in [2.45, 2.75) is 46.6 Å². The lowest BCUT2D eigenvalue weighted by Gasteiger charge is -2.27. The molecule has 0 spiro atoms. The summed E-state index contributed by atoms with van der Waals surface area (Å²) in [4.78, 5) is 0. The van der Waals surface area contributed by atoms with E-state index in [1.807, 2.05) is 0 Å². The maximum atomic E-state index is 3.53. The van der Waals surface area contributed by atoms with Crippen molar-refractivity contribution in [2.75, 3.05) is 7.05 Å². The molecule has 2 unspecified atom stereocenters. The minimum Gasteiger partial charge on any atom is -0.313 e. The van der Waals surface area contributed by atoms with Gasteiger partial charge in [0, 0.05) is 6.04 Å². The fourth-order valence-corrected chi connectivity index (χ4v) is 3.49. The SMILES string of the molecule is CNC(CC(C)CC(C)(C)C)c1cccc2ccccc12. The van der Waals surface area contributed by atoms with Crippen molar-refractivity contribution >= 4 is 10.8 Å². The molecule has 2 aromatic carbocycles. The standard InChI is InChI=1S/C20H29N/c1-15(14-20(2,3)4)13-19(21-5)18-12-8-10-16-9-6-7-11-17(16)18/h6-12,15,19,21H,13-14H2,1-5H3. The minimum absolute atomic E-state index is 0.399. The number of fused-ring (bicyclic) bond motifs is 1. The van der Waals surface area contributed by atoms with Crippen LogP contribution in [0.25, 0.3) is 10.8 Å². The van der Waals surface area contributed by atoms with E-state index in [0.29, 0.717) is 17.4 Å². The summed E-state index contributed by atoms with van der Waals surface area (Å²) in [7, 11) is 2.08. The molecule has 0 radical (unpaired) electrons. The molecular weight excluding hydrogens is 254 g/mol. The van der Waals surface area contributed by atoms with Crippen LogP contribution >= 0.6 is 0 Å². The van der Waals surface area contributed by atoms with Crippen LogP contribution < -0.4 is 5.32 Å². The highest BCUT2D eigenvalue weighted by Gasteiger charge is 2.20. The van der Waals surface area contributed by atoms with E-state index in [-0.39, 0.29) is 0 Å². The number of rotatable bonds is 5. The van der Waals surface area contributed by atoms with Gasteiger partial charge in [0.1, 0.15) is 0 Å². The molecule has 114 valence electrons. The molecule has 1 N–H and O–H groups in total. The van der Waals surface area contributed by atoms with Crippen LogP contribution in [0.1, 0.15) is 52.1 Å². The van der Waals surface area contributed by atoms with Gasteiger partial charge in [0.05, 0.1) is 0 Å². The Morgan fingerprint density at radius 2 is 1.67 bits per heavy atom. The summed E-state index contributed by atoms with van der Waals surface area (Å²) in [5.41, 5.74) is 1.83. The van der Waals surface area contributed by atoms with E-state index in [9.17, 15) is 0 Å². The molecule has 0 aromatic heterocycles. The molecule has 0 aliphatic carbocycles. The fourth-order valence-electron chi connectivity index (χ4n) is 3.49. The maximum Gasteiger partial charge on any atom is 0.0326 e. The van der Waals surface area contributed by atoms with E-state index in [2.05, 4.69) is 82.5 Å². The Morgan fingerprint density at radius 3 is 2.33 bits per heavy atom. The van der Waals surface area contributed by atoms with E-state index in [1.165, 1.54) is 29.2 Å². The summed E-state index contributed by atoms with van der Waals surface area (Å²) >= 11 is 0. The van der Waals surface area contributed by atoms with Crippen molar-refractivity contribution in [3.05, 3.63) is 48.0 Å². The molecule has 0 saturated carbocycles. The monoisotopic (exact) mass is 283 g/mol. The molecule has 2 rings (SSSR count). The average molecular weight is 283 g/mol. The summed E-state index contributed by atoms with van der Waals surface area (Å²) in [6.45, 7) is 9.36. The smallest absolute Gasteiger partial charge is 0.0326 e. The van der Waals surface area contributed by atoms with Crippen LogP contribution in [0.15, 0.2) is 42.5 Å². The van der Waals surface area contributed by atoms with Gasteiger partial charge in [-0.05, 0) is 47.6 Å².